The smallest absolute Gasteiger partial charge is 0.258 e. The number of carbonyl (C=O) groups excluding carboxylic acids is 1. The van der Waals surface area contributed by atoms with Crippen molar-refractivity contribution in [3.63, 3.8) is 0 Å². The van der Waals surface area contributed by atoms with Crippen LogP contribution in [0.5, 0.6) is 0 Å². The van der Waals surface area contributed by atoms with E-state index in [4.69, 9.17) is 4.52 Å². The molecule has 1 aromatic heterocycles. The van der Waals surface area contributed by atoms with E-state index in [0.29, 0.717) is 18.8 Å². The highest BCUT2D eigenvalue weighted by Crippen LogP contribution is 2.24. The minimum atomic E-state index is -3.59. The van der Waals surface area contributed by atoms with E-state index in [0.717, 1.165) is 24.8 Å². The first-order chi connectivity index (χ1) is 14.5. The van der Waals surface area contributed by atoms with Crippen LogP contribution in [-0.4, -0.2) is 36.9 Å². The maximum Gasteiger partial charge on any atom is 0.258 e. The lowest BCUT2D eigenvalue weighted by molar-refractivity contribution is 0.102. The van der Waals surface area contributed by atoms with Gasteiger partial charge in [-0.15, -0.1) is 0 Å². The van der Waals surface area contributed by atoms with Gasteiger partial charge >= 0.3 is 0 Å². The second kappa shape index (κ2) is 8.41. The van der Waals surface area contributed by atoms with Gasteiger partial charge in [0.2, 0.25) is 15.9 Å². The SMILES string of the molecule is CCc1ccc(-c2cc(NC(=O)c3cccc(S(=O)(=O)N4CCCC4)c3)on2)cc1. The zero-order chi connectivity index (χ0) is 21.1. The summed E-state index contributed by atoms with van der Waals surface area (Å²) in [6, 6.07) is 15.6. The Hall–Kier alpha value is -2.97. The molecule has 1 N–H and O–H groups in total. The van der Waals surface area contributed by atoms with E-state index < -0.39 is 15.9 Å². The predicted octanol–water partition coefficient (Wildman–Crippen LogP) is 3.94. The van der Waals surface area contributed by atoms with Crippen LogP contribution in [0, 0.1) is 0 Å². The highest BCUT2D eigenvalue weighted by atomic mass is 32.2. The average molecular weight is 426 g/mol. The predicted molar refractivity (Wildman–Crippen MR) is 114 cm³/mol. The van der Waals surface area contributed by atoms with Gasteiger partial charge in [0, 0.05) is 30.3 Å². The van der Waals surface area contributed by atoms with Gasteiger partial charge in [0.05, 0.1) is 4.90 Å². The molecule has 0 bridgehead atoms. The van der Waals surface area contributed by atoms with Crippen molar-refractivity contribution in [1.82, 2.24) is 9.46 Å². The summed E-state index contributed by atoms with van der Waals surface area (Å²) < 4.78 is 32.2. The van der Waals surface area contributed by atoms with Crippen LogP contribution in [0.1, 0.15) is 35.7 Å². The molecule has 0 aliphatic carbocycles. The van der Waals surface area contributed by atoms with Crippen LogP contribution in [0.3, 0.4) is 0 Å². The van der Waals surface area contributed by atoms with Gasteiger partial charge in [-0.3, -0.25) is 10.1 Å². The van der Waals surface area contributed by atoms with Crippen LogP contribution in [0.15, 0.2) is 64.0 Å². The molecular weight excluding hydrogens is 402 g/mol. The van der Waals surface area contributed by atoms with Crippen molar-refractivity contribution in [2.75, 3.05) is 18.4 Å². The van der Waals surface area contributed by atoms with Crippen LogP contribution in [-0.2, 0) is 16.4 Å². The van der Waals surface area contributed by atoms with Gasteiger partial charge in [0.25, 0.3) is 5.91 Å². The number of benzene rings is 2. The summed E-state index contributed by atoms with van der Waals surface area (Å²) in [5.74, 6) is -0.264. The third kappa shape index (κ3) is 4.15. The quantitative estimate of drug-likeness (QED) is 0.646. The van der Waals surface area contributed by atoms with Crippen molar-refractivity contribution < 1.29 is 17.7 Å². The molecule has 8 heteroatoms. The maximum absolute atomic E-state index is 12.7. The Morgan fingerprint density at radius 3 is 2.53 bits per heavy atom. The minimum absolute atomic E-state index is 0.117. The molecule has 0 spiro atoms. The fourth-order valence-corrected chi connectivity index (χ4v) is 5.00. The van der Waals surface area contributed by atoms with Gasteiger partial charge in [0.1, 0.15) is 5.69 Å². The van der Waals surface area contributed by atoms with Crippen LogP contribution < -0.4 is 5.32 Å². The standard InChI is InChI=1S/C22H23N3O4S/c1-2-16-8-10-17(11-9-16)20-15-21(29-24-20)23-22(26)18-6-5-7-19(14-18)30(27,28)25-12-3-4-13-25/h5-11,14-15H,2-4,12-13H2,1H3,(H,23,26). The molecule has 1 aliphatic heterocycles. The number of amides is 1. The third-order valence-corrected chi connectivity index (χ3v) is 7.10. The van der Waals surface area contributed by atoms with Gasteiger partial charge < -0.3 is 4.52 Å². The highest BCUT2D eigenvalue weighted by molar-refractivity contribution is 7.89. The second-order valence-electron chi connectivity index (χ2n) is 7.22. The zero-order valence-electron chi connectivity index (χ0n) is 16.7. The lowest BCUT2D eigenvalue weighted by atomic mass is 10.1. The Bertz CT molecular complexity index is 1150. The van der Waals surface area contributed by atoms with E-state index in [1.165, 1.54) is 22.0 Å². The lowest BCUT2D eigenvalue weighted by Gasteiger charge is -2.15. The monoisotopic (exact) mass is 425 g/mol. The van der Waals surface area contributed by atoms with Crippen molar-refractivity contribution in [3.05, 3.63) is 65.7 Å². The molecule has 156 valence electrons. The van der Waals surface area contributed by atoms with Gasteiger partial charge in [-0.05, 0) is 43.0 Å². The van der Waals surface area contributed by atoms with E-state index in [2.05, 4.69) is 17.4 Å². The summed E-state index contributed by atoms with van der Waals surface area (Å²) in [4.78, 5) is 12.8. The number of nitrogens with zero attached hydrogens (tertiary/aromatic N) is 2. The van der Waals surface area contributed by atoms with Crippen molar-refractivity contribution in [2.24, 2.45) is 0 Å². The summed E-state index contributed by atoms with van der Waals surface area (Å²) >= 11 is 0. The molecule has 0 saturated carbocycles. The van der Waals surface area contributed by atoms with Crippen LogP contribution in [0.2, 0.25) is 0 Å². The lowest BCUT2D eigenvalue weighted by Crippen LogP contribution is -2.28. The van der Waals surface area contributed by atoms with Crippen molar-refractivity contribution >= 4 is 21.8 Å². The molecular formula is C22H23N3O4S. The fraction of sp³-hybridized carbons (Fsp3) is 0.273. The Kier molecular flexibility index (Phi) is 5.69. The van der Waals surface area contributed by atoms with Crippen molar-refractivity contribution in [3.8, 4) is 11.3 Å². The van der Waals surface area contributed by atoms with Crippen LogP contribution >= 0.6 is 0 Å². The first-order valence-electron chi connectivity index (χ1n) is 9.95. The number of aryl methyl sites for hydroxylation is 1. The number of aromatic nitrogens is 1. The number of anilines is 1. The maximum atomic E-state index is 12.7. The summed E-state index contributed by atoms with van der Waals surface area (Å²) in [5, 5.41) is 6.65. The molecule has 1 amide bonds. The van der Waals surface area contributed by atoms with E-state index in [1.54, 1.807) is 18.2 Å². The number of nitrogens with one attached hydrogen (secondary N) is 1. The van der Waals surface area contributed by atoms with Crippen LogP contribution in [0.4, 0.5) is 5.88 Å². The molecule has 0 unspecified atom stereocenters. The molecule has 0 radical (unpaired) electrons. The average Bonchev–Trinajstić information content (AvgIpc) is 3.47. The van der Waals surface area contributed by atoms with E-state index in [-0.39, 0.29) is 16.3 Å². The zero-order valence-corrected chi connectivity index (χ0v) is 17.5. The minimum Gasteiger partial charge on any atom is -0.338 e. The summed E-state index contributed by atoms with van der Waals surface area (Å²) in [7, 11) is -3.59. The molecule has 1 saturated heterocycles. The molecule has 7 nitrogen and oxygen atoms in total. The number of carbonyl (C=O) groups is 1. The Morgan fingerprint density at radius 1 is 1.10 bits per heavy atom. The summed E-state index contributed by atoms with van der Waals surface area (Å²) in [6.45, 7) is 3.11. The van der Waals surface area contributed by atoms with Gasteiger partial charge in [-0.1, -0.05) is 42.4 Å². The topological polar surface area (TPSA) is 92.5 Å². The second-order valence-corrected chi connectivity index (χ2v) is 9.16. The number of hydrogen-bond acceptors (Lipinski definition) is 5. The molecule has 1 aliphatic rings. The summed E-state index contributed by atoms with van der Waals surface area (Å²) in [5.41, 5.74) is 2.95. The van der Waals surface area contributed by atoms with Crippen molar-refractivity contribution in [1.29, 1.82) is 0 Å². The normalized spacial score (nSPS) is 14.7. The Balaban J connectivity index is 1.50. The molecule has 4 rings (SSSR count). The Labute approximate surface area is 175 Å². The Morgan fingerprint density at radius 2 is 1.83 bits per heavy atom. The van der Waals surface area contributed by atoms with E-state index >= 15 is 0 Å². The largest absolute Gasteiger partial charge is 0.338 e. The molecule has 2 heterocycles. The highest BCUT2D eigenvalue weighted by Gasteiger charge is 2.27. The molecule has 3 aromatic rings. The first-order valence-corrected chi connectivity index (χ1v) is 11.4. The van der Waals surface area contributed by atoms with Gasteiger partial charge in [-0.2, -0.15) is 4.31 Å². The molecule has 2 aromatic carbocycles. The van der Waals surface area contributed by atoms with Crippen molar-refractivity contribution in [2.45, 2.75) is 31.1 Å². The van der Waals surface area contributed by atoms with E-state index in [9.17, 15) is 13.2 Å². The number of hydrogen-bond donors (Lipinski definition) is 1. The molecule has 1 fully saturated rings. The first kappa shape index (κ1) is 20.3. The fourth-order valence-electron chi connectivity index (χ4n) is 3.44. The van der Waals surface area contributed by atoms with E-state index in [1.807, 2.05) is 24.3 Å². The molecule has 30 heavy (non-hydrogen) atoms. The summed E-state index contributed by atoms with van der Waals surface area (Å²) in [6.07, 6.45) is 2.66. The molecule has 0 atom stereocenters. The van der Waals surface area contributed by atoms with Crippen LogP contribution in [0.25, 0.3) is 11.3 Å². The number of rotatable bonds is 6. The third-order valence-electron chi connectivity index (χ3n) is 5.20. The number of sulfonamides is 1. The van der Waals surface area contributed by atoms with Gasteiger partial charge in [-0.25, -0.2) is 8.42 Å². The van der Waals surface area contributed by atoms with Gasteiger partial charge in [0.15, 0.2) is 0 Å².